The Morgan fingerprint density at radius 2 is 2.38 bits per heavy atom. The quantitative estimate of drug-likeness (QED) is 0.816. The molecule has 1 aromatic rings. The van der Waals surface area contributed by atoms with Crippen molar-refractivity contribution in [2.75, 3.05) is 26.8 Å². The van der Waals surface area contributed by atoms with Gasteiger partial charge in [-0.05, 0) is 31.0 Å². The first kappa shape index (κ1) is 12.0. The second kappa shape index (κ2) is 5.77. The van der Waals surface area contributed by atoms with Crippen LogP contribution in [-0.4, -0.2) is 32.8 Å². The molecule has 1 saturated heterocycles. The van der Waals surface area contributed by atoms with Crippen LogP contribution in [0.2, 0.25) is 0 Å². The van der Waals surface area contributed by atoms with Gasteiger partial charge < -0.3 is 15.4 Å². The fourth-order valence-corrected chi connectivity index (χ4v) is 2.95. The molecule has 3 nitrogen and oxygen atoms in total. The number of hydrogen-bond acceptors (Lipinski definition) is 4. The van der Waals surface area contributed by atoms with Crippen LogP contribution in [0, 0.1) is 12.8 Å². The maximum Gasteiger partial charge on any atom is 0.0623 e. The van der Waals surface area contributed by atoms with E-state index in [1.807, 2.05) is 18.4 Å². The zero-order valence-electron chi connectivity index (χ0n) is 9.95. The summed E-state index contributed by atoms with van der Waals surface area (Å²) in [6.45, 7) is 5.91. The van der Waals surface area contributed by atoms with Crippen molar-refractivity contribution in [2.45, 2.75) is 19.5 Å². The molecular formula is C12H20N2OS. The number of ether oxygens (including phenoxy) is 1. The molecule has 0 aliphatic carbocycles. The van der Waals surface area contributed by atoms with Gasteiger partial charge in [0.15, 0.2) is 0 Å². The standard InChI is InChI=1S/C12H20N2OS/c1-9-3-4-16-12(9)6-14-5-10-7-15-8-11(10)13-2/h3-4,10-11,13-14H,5-8H2,1-2H3. The molecule has 0 radical (unpaired) electrons. The van der Waals surface area contributed by atoms with Crippen molar-refractivity contribution in [2.24, 2.45) is 5.92 Å². The molecule has 2 N–H and O–H groups in total. The molecule has 16 heavy (non-hydrogen) atoms. The first-order valence-corrected chi connectivity index (χ1v) is 6.68. The highest BCUT2D eigenvalue weighted by Gasteiger charge is 2.26. The SMILES string of the molecule is CNC1COCC1CNCc1sccc1C. The fourth-order valence-electron chi connectivity index (χ4n) is 2.08. The molecule has 0 saturated carbocycles. The predicted octanol–water partition coefficient (Wildman–Crippen LogP) is 1.38. The van der Waals surface area contributed by atoms with Crippen molar-refractivity contribution >= 4 is 11.3 Å². The van der Waals surface area contributed by atoms with E-state index in [-0.39, 0.29) is 0 Å². The van der Waals surface area contributed by atoms with Gasteiger partial charge in [0.05, 0.1) is 13.2 Å². The van der Waals surface area contributed by atoms with Crippen LogP contribution < -0.4 is 10.6 Å². The van der Waals surface area contributed by atoms with Crippen molar-refractivity contribution in [3.8, 4) is 0 Å². The van der Waals surface area contributed by atoms with Crippen molar-refractivity contribution in [1.29, 1.82) is 0 Å². The second-order valence-electron chi connectivity index (χ2n) is 4.35. The summed E-state index contributed by atoms with van der Waals surface area (Å²) < 4.78 is 5.47. The lowest BCUT2D eigenvalue weighted by molar-refractivity contribution is 0.182. The summed E-state index contributed by atoms with van der Waals surface area (Å²) in [5, 5.41) is 8.99. The zero-order valence-corrected chi connectivity index (χ0v) is 10.8. The van der Waals surface area contributed by atoms with E-state index in [4.69, 9.17) is 4.74 Å². The number of nitrogens with one attached hydrogen (secondary N) is 2. The third-order valence-electron chi connectivity index (χ3n) is 3.23. The third kappa shape index (κ3) is 2.83. The van der Waals surface area contributed by atoms with Crippen molar-refractivity contribution in [3.63, 3.8) is 0 Å². The molecule has 2 heterocycles. The normalized spacial score (nSPS) is 25.1. The van der Waals surface area contributed by atoms with Crippen LogP contribution in [0.5, 0.6) is 0 Å². The lowest BCUT2D eigenvalue weighted by atomic mass is 10.0. The van der Waals surface area contributed by atoms with Gasteiger partial charge in [-0.25, -0.2) is 0 Å². The van der Waals surface area contributed by atoms with E-state index in [0.717, 1.165) is 26.3 Å². The first-order chi connectivity index (χ1) is 7.81. The van der Waals surface area contributed by atoms with Crippen LogP contribution in [0.4, 0.5) is 0 Å². The largest absolute Gasteiger partial charge is 0.379 e. The summed E-state index contributed by atoms with van der Waals surface area (Å²) in [6, 6.07) is 2.69. The predicted molar refractivity (Wildman–Crippen MR) is 67.9 cm³/mol. The van der Waals surface area contributed by atoms with Gasteiger partial charge in [-0.2, -0.15) is 0 Å². The Morgan fingerprint density at radius 3 is 3.06 bits per heavy atom. The fraction of sp³-hybridized carbons (Fsp3) is 0.667. The second-order valence-corrected chi connectivity index (χ2v) is 5.35. The molecule has 0 bridgehead atoms. The Bertz CT molecular complexity index is 327. The maximum absolute atomic E-state index is 5.47. The van der Waals surface area contributed by atoms with Gasteiger partial charge >= 0.3 is 0 Å². The van der Waals surface area contributed by atoms with Gasteiger partial charge in [0, 0.05) is 29.9 Å². The van der Waals surface area contributed by atoms with E-state index in [1.54, 1.807) is 0 Å². The molecule has 0 amide bonds. The molecule has 1 fully saturated rings. The van der Waals surface area contributed by atoms with Crippen LogP contribution in [0.15, 0.2) is 11.4 Å². The minimum atomic E-state index is 0.511. The smallest absolute Gasteiger partial charge is 0.0623 e. The lowest BCUT2D eigenvalue weighted by Gasteiger charge is -2.17. The molecule has 0 spiro atoms. The molecular weight excluding hydrogens is 220 g/mol. The van der Waals surface area contributed by atoms with Crippen molar-refractivity contribution < 1.29 is 4.74 Å². The minimum Gasteiger partial charge on any atom is -0.379 e. The Morgan fingerprint density at radius 1 is 1.50 bits per heavy atom. The number of likely N-dealkylation sites (N-methyl/N-ethyl adjacent to an activating group) is 1. The number of rotatable bonds is 5. The Hall–Kier alpha value is -0.420. The van der Waals surface area contributed by atoms with Gasteiger partial charge in [-0.15, -0.1) is 11.3 Å². The summed E-state index contributed by atoms with van der Waals surface area (Å²) in [4.78, 5) is 1.44. The van der Waals surface area contributed by atoms with Crippen LogP contribution in [0.3, 0.4) is 0 Å². The van der Waals surface area contributed by atoms with E-state index >= 15 is 0 Å². The first-order valence-electron chi connectivity index (χ1n) is 5.80. The topological polar surface area (TPSA) is 33.3 Å². The van der Waals surface area contributed by atoms with Crippen molar-refractivity contribution in [3.05, 3.63) is 21.9 Å². The summed E-state index contributed by atoms with van der Waals surface area (Å²) in [7, 11) is 2.01. The van der Waals surface area contributed by atoms with Gasteiger partial charge in [0.1, 0.15) is 0 Å². The summed E-state index contributed by atoms with van der Waals surface area (Å²) in [5.74, 6) is 0.602. The summed E-state index contributed by atoms with van der Waals surface area (Å²) in [5.41, 5.74) is 1.39. The maximum atomic E-state index is 5.47. The third-order valence-corrected chi connectivity index (χ3v) is 4.25. The lowest BCUT2D eigenvalue weighted by Crippen LogP contribution is -2.38. The van der Waals surface area contributed by atoms with E-state index < -0.39 is 0 Å². The Labute approximate surface area is 101 Å². The van der Waals surface area contributed by atoms with Crippen LogP contribution in [0.1, 0.15) is 10.4 Å². The van der Waals surface area contributed by atoms with E-state index in [2.05, 4.69) is 29.0 Å². The molecule has 1 aliphatic rings. The Balaban J connectivity index is 1.74. The molecule has 2 atom stereocenters. The summed E-state index contributed by atoms with van der Waals surface area (Å²) >= 11 is 1.83. The van der Waals surface area contributed by atoms with Crippen LogP contribution in [0.25, 0.3) is 0 Å². The molecule has 0 aromatic carbocycles. The molecule has 2 rings (SSSR count). The Kier molecular flexibility index (Phi) is 4.35. The average molecular weight is 240 g/mol. The minimum absolute atomic E-state index is 0.511. The highest BCUT2D eigenvalue weighted by Crippen LogP contribution is 2.16. The van der Waals surface area contributed by atoms with Gasteiger partial charge in [-0.3, -0.25) is 0 Å². The van der Waals surface area contributed by atoms with Crippen LogP contribution in [-0.2, 0) is 11.3 Å². The molecule has 1 aliphatic heterocycles. The van der Waals surface area contributed by atoms with E-state index in [1.165, 1.54) is 10.4 Å². The highest BCUT2D eigenvalue weighted by atomic mass is 32.1. The zero-order chi connectivity index (χ0) is 11.4. The highest BCUT2D eigenvalue weighted by molar-refractivity contribution is 7.10. The monoisotopic (exact) mass is 240 g/mol. The van der Waals surface area contributed by atoms with Crippen LogP contribution >= 0.6 is 11.3 Å². The molecule has 90 valence electrons. The van der Waals surface area contributed by atoms with Gasteiger partial charge in [-0.1, -0.05) is 0 Å². The summed E-state index contributed by atoms with van der Waals surface area (Å²) in [6.07, 6.45) is 0. The molecule has 4 heteroatoms. The molecule has 2 unspecified atom stereocenters. The van der Waals surface area contributed by atoms with E-state index in [0.29, 0.717) is 12.0 Å². The average Bonchev–Trinajstić information content (AvgIpc) is 2.88. The number of thiophene rings is 1. The number of aryl methyl sites for hydroxylation is 1. The van der Waals surface area contributed by atoms with Gasteiger partial charge in [0.25, 0.3) is 0 Å². The van der Waals surface area contributed by atoms with Gasteiger partial charge in [0.2, 0.25) is 0 Å². The van der Waals surface area contributed by atoms with Crippen molar-refractivity contribution in [1.82, 2.24) is 10.6 Å². The number of hydrogen-bond donors (Lipinski definition) is 2. The molecule has 1 aromatic heterocycles. The van der Waals surface area contributed by atoms with E-state index in [9.17, 15) is 0 Å².